The van der Waals surface area contributed by atoms with Crippen molar-refractivity contribution < 1.29 is 22.7 Å². The van der Waals surface area contributed by atoms with Crippen LogP contribution in [0.2, 0.25) is 10.0 Å². The second-order valence-corrected chi connectivity index (χ2v) is 11.9. The normalized spacial score (nSPS) is 11.3. The fourth-order valence-electron chi connectivity index (χ4n) is 3.88. The largest absolute Gasteiger partial charge is 0.490 e. The van der Waals surface area contributed by atoms with Crippen molar-refractivity contribution in [1.82, 2.24) is 5.43 Å². The lowest BCUT2D eigenvalue weighted by molar-refractivity contribution is -0.119. The predicted molar refractivity (Wildman–Crippen MR) is 166 cm³/mol. The van der Waals surface area contributed by atoms with E-state index in [1.54, 1.807) is 48.5 Å². The summed E-state index contributed by atoms with van der Waals surface area (Å²) in [5.74, 6) is 0.411. The lowest BCUT2D eigenvalue weighted by Crippen LogP contribution is -2.39. The molecular formula is C31H29Cl2N3O5S. The van der Waals surface area contributed by atoms with Crippen molar-refractivity contribution in [2.24, 2.45) is 5.10 Å². The highest BCUT2D eigenvalue weighted by molar-refractivity contribution is 7.92. The van der Waals surface area contributed by atoms with Gasteiger partial charge < -0.3 is 9.47 Å². The Kier molecular flexibility index (Phi) is 10.5. The van der Waals surface area contributed by atoms with E-state index >= 15 is 0 Å². The first-order chi connectivity index (χ1) is 20.2. The Bertz CT molecular complexity index is 1660. The molecule has 0 radical (unpaired) electrons. The van der Waals surface area contributed by atoms with Crippen LogP contribution in [0.15, 0.2) is 101 Å². The van der Waals surface area contributed by atoms with E-state index < -0.39 is 22.5 Å². The molecule has 0 saturated carbocycles. The highest BCUT2D eigenvalue weighted by Gasteiger charge is 2.27. The first-order valence-corrected chi connectivity index (χ1v) is 15.2. The lowest BCUT2D eigenvalue weighted by Gasteiger charge is -2.23. The third-order valence-electron chi connectivity index (χ3n) is 5.96. The van der Waals surface area contributed by atoms with Crippen molar-refractivity contribution in [1.29, 1.82) is 0 Å². The molecule has 4 rings (SSSR count). The molecule has 0 saturated heterocycles. The maximum atomic E-state index is 13.5. The van der Waals surface area contributed by atoms with Crippen LogP contribution >= 0.6 is 23.2 Å². The van der Waals surface area contributed by atoms with E-state index in [9.17, 15) is 13.2 Å². The van der Waals surface area contributed by atoms with Crippen LogP contribution in [-0.2, 0) is 21.4 Å². The molecule has 0 aromatic heterocycles. The number of ether oxygens (including phenoxy) is 2. The van der Waals surface area contributed by atoms with Crippen molar-refractivity contribution in [3.63, 3.8) is 0 Å². The van der Waals surface area contributed by atoms with Gasteiger partial charge in [-0.1, -0.05) is 53.0 Å². The summed E-state index contributed by atoms with van der Waals surface area (Å²) < 4.78 is 39.7. The molecule has 0 heterocycles. The van der Waals surface area contributed by atoms with Gasteiger partial charge in [0, 0.05) is 10.0 Å². The molecule has 4 aromatic carbocycles. The molecule has 4 aromatic rings. The van der Waals surface area contributed by atoms with Gasteiger partial charge in [0.05, 0.1) is 23.4 Å². The molecule has 0 fully saturated rings. The maximum absolute atomic E-state index is 13.5. The van der Waals surface area contributed by atoms with E-state index in [1.165, 1.54) is 30.5 Å². The average Bonchev–Trinajstić information content (AvgIpc) is 2.96. The summed E-state index contributed by atoms with van der Waals surface area (Å²) in [6.07, 6.45) is 1.43. The monoisotopic (exact) mass is 625 g/mol. The molecular weight excluding hydrogens is 597 g/mol. The quantitative estimate of drug-likeness (QED) is 0.141. The highest BCUT2D eigenvalue weighted by Crippen LogP contribution is 2.29. The number of hydrogen-bond acceptors (Lipinski definition) is 6. The number of hydrogen-bond donors (Lipinski definition) is 1. The SMILES string of the molecule is CCOc1cc(/C=N/NC(=O)CN(c2ccc(Cl)cc2)S(=O)(=O)c2ccc(C)cc2)ccc1OCc1cccc(Cl)c1. The van der Waals surface area contributed by atoms with Crippen LogP contribution in [0, 0.1) is 6.92 Å². The molecule has 0 bridgehead atoms. The molecule has 218 valence electrons. The Morgan fingerprint density at radius 2 is 1.64 bits per heavy atom. The van der Waals surface area contributed by atoms with Gasteiger partial charge in [0.25, 0.3) is 15.9 Å². The first-order valence-electron chi connectivity index (χ1n) is 13.0. The summed E-state index contributed by atoms with van der Waals surface area (Å²) in [5.41, 5.74) is 5.15. The van der Waals surface area contributed by atoms with Crippen LogP contribution in [0.1, 0.15) is 23.6 Å². The fourth-order valence-corrected chi connectivity index (χ4v) is 5.64. The number of nitrogens with zero attached hydrogens (tertiary/aromatic N) is 2. The Morgan fingerprint density at radius 3 is 2.33 bits per heavy atom. The minimum Gasteiger partial charge on any atom is -0.490 e. The molecule has 0 aliphatic rings. The summed E-state index contributed by atoms with van der Waals surface area (Å²) in [7, 11) is -4.06. The van der Waals surface area contributed by atoms with Gasteiger partial charge in [-0.15, -0.1) is 0 Å². The number of rotatable bonds is 12. The Balaban J connectivity index is 1.46. The smallest absolute Gasteiger partial charge is 0.264 e. The number of carbonyl (C=O) groups is 1. The van der Waals surface area contributed by atoms with Crippen molar-refractivity contribution in [3.8, 4) is 11.5 Å². The van der Waals surface area contributed by atoms with E-state index in [2.05, 4.69) is 10.5 Å². The zero-order valence-corrected chi connectivity index (χ0v) is 25.3. The number of nitrogens with one attached hydrogen (secondary N) is 1. The molecule has 42 heavy (non-hydrogen) atoms. The van der Waals surface area contributed by atoms with Gasteiger partial charge in [0.15, 0.2) is 11.5 Å². The van der Waals surface area contributed by atoms with Crippen LogP contribution in [0.25, 0.3) is 0 Å². The standard InChI is InChI=1S/C31H29Cl2N3O5S/c1-3-40-30-18-23(9-16-29(30)41-21-24-5-4-6-26(33)17-24)19-34-35-31(37)20-36(27-12-10-25(32)11-13-27)42(38,39)28-14-7-22(2)8-15-28/h4-19H,3,20-21H2,1-2H3,(H,35,37)/b34-19+. The molecule has 0 aliphatic carbocycles. The second kappa shape index (κ2) is 14.2. The number of sulfonamides is 1. The lowest BCUT2D eigenvalue weighted by atomic mass is 10.2. The summed E-state index contributed by atoms with van der Waals surface area (Å²) >= 11 is 12.1. The predicted octanol–water partition coefficient (Wildman–Crippen LogP) is 6.63. The van der Waals surface area contributed by atoms with E-state index in [-0.39, 0.29) is 10.6 Å². The average molecular weight is 627 g/mol. The van der Waals surface area contributed by atoms with Crippen LogP contribution in [-0.4, -0.2) is 33.7 Å². The minimum atomic E-state index is -4.06. The van der Waals surface area contributed by atoms with Crippen molar-refractivity contribution in [3.05, 3.63) is 118 Å². The van der Waals surface area contributed by atoms with Gasteiger partial charge in [0.1, 0.15) is 13.2 Å². The first kappa shape index (κ1) is 30.9. The second-order valence-electron chi connectivity index (χ2n) is 9.15. The van der Waals surface area contributed by atoms with Gasteiger partial charge in [-0.25, -0.2) is 13.8 Å². The summed E-state index contributed by atoms with van der Waals surface area (Å²) in [6.45, 7) is 3.94. The van der Waals surface area contributed by atoms with E-state index in [0.717, 1.165) is 15.4 Å². The third-order valence-corrected chi connectivity index (χ3v) is 8.24. The molecule has 0 aliphatic heterocycles. The molecule has 1 amide bonds. The highest BCUT2D eigenvalue weighted by atomic mass is 35.5. The number of halogens is 2. The Labute approximate surface area is 255 Å². The third kappa shape index (κ3) is 8.25. The molecule has 0 atom stereocenters. The van der Waals surface area contributed by atoms with Gasteiger partial charge in [-0.2, -0.15) is 5.10 Å². The van der Waals surface area contributed by atoms with Crippen LogP contribution < -0.4 is 19.2 Å². The molecule has 8 nitrogen and oxygen atoms in total. The Morgan fingerprint density at radius 1 is 0.905 bits per heavy atom. The summed E-state index contributed by atoms with van der Waals surface area (Å²) in [6, 6.07) is 25.2. The van der Waals surface area contributed by atoms with Crippen molar-refractivity contribution >= 4 is 51.0 Å². The molecule has 0 spiro atoms. The van der Waals surface area contributed by atoms with Gasteiger partial charge >= 0.3 is 0 Å². The summed E-state index contributed by atoms with van der Waals surface area (Å²) in [5, 5.41) is 5.09. The van der Waals surface area contributed by atoms with E-state index in [4.69, 9.17) is 32.7 Å². The maximum Gasteiger partial charge on any atom is 0.264 e. The fraction of sp³-hybridized carbons (Fsp3) is 0.161. The summed E-state index contributed by atoms with van der Waals surface area (Å²) in [4.78, 5) is 12.9. The molecule has 0 unspecified atom stereocenters. The zero-order chi connectivity index (χ0) is 30.1. The van der Waals surface area contributed by atoms with Crippen LogP contribution in [0.3, 0.4) is 0 Å². The van der Waals surface area contributed by atoms with Crippen LogP contribution in [0.5, 0.6) is 11.5 Å². The molecule has 1 N–H and O–H groups in total. The number of anilines is 1. The number of amides is 1. The Hall–Kier alpha value is -4.05. The topological polar surface area (TPSA) is 97.3 Å². The minimum absolute atomic E-state index is 0.0560. The zero-order valence-electron chi connectivity index (χ0n) is 23.0. The van der Waals surface area contributed by atoms with Crippen molar-refractivity contribution in [2.45, 2.75) is 25.3 Å². The van der Waals surface area contributed by atoms with Gasteiger partial charge in [0.2, 0.25) is 0 Å². The van der Waals surface area contributed by atoms with E-state index in [0.29, 0.717) is 40.3 Å². The number of hydrazone groups is 1. The van der Waals surface area contributed by atoms with Crippen LogP contribution in [0.4, 0.5) is 5.69 Å². The van der Waals surface area contributed by atoms with Crippen molar-refractivity contribution in [2.75, 3.05) is 17.5 Å². The number of carbonyl (C=O) groups excluding carboxylic acids is 1. The number of benzene rings is 4. The number of aryl methyl sites for hydroxylation is 1. The van der Waals surface area contributed by atoms with E-state index in [1.807, 2.05) is 32.0 Å². The van der Waals surface area contributed by atoms with Gasteiger partial charge in [-0.3, -0.25) is 9.10 Å². The molecule has 11 heteroatoms. The van der Waals surface area contributed by atoms with Gasteiger partial charge in [-0.05, 0) is 91.7 Å².